The van der Waals surface area contributed by atoms with Crippen LogP contribution in [0.25, 0.3) is 0 Å². The van der Waals surface area contributed by atoms with Crippen molar-refractivity contribution in [1.29, 1.82) is 0 Å². The summed E-state index contributed by atoms with van der Waals surface area (Å²) in [5.41, 5.74) is 1.12. The minimum atomic E-state index is -0.785. The van der Waals surface area contributed by atoms with Gasteiger partial charge < -0.3 is 15.5 Å². The van der Waals surface area contributed by atoms with Crippen LogP contribution in [0.15, 0.2) is 18.2 Å². The molecule has 2 atom stereocenters. The van der Waals surface area contributed by atoms with Crippen LogP contribution in [0.3, 0.4) is 0 Å². The van der Waals surface area contributed by atoms with Gasteiger partial charge in [-0.2, -0.15) is 0 Å². The molecule has 1 fully saturated rings. The molecule has 0 spiro atoms. The van der Waals surface area contributed by atoms with E-state index in [0.29, 0.717) is 13.0 Å². The second-order valence-electron chi connectivity index (χ2n) is 5.72. The first-order chi connectivity index (χ1) is 9.99. The number of hydrogen-bond acceptors (Lipinski definition) is 3. The average molecular weight is 291 g/mol. The largest absolute Gasteiger partial charge is 0.507 e. The first-order valence-corrected chi connectivity index (χ1v) is 7.29. The fourth-order valence-electron chi connectivity index (χ4n) is 2.93. The summed E-state index contributed by atoms with van der Waals surface area (Å²) < 4.78 is 0. The molecular weight excluding hydrogens is 270 g/mol. The molecule has 0 heterocycles. The molecule has 1 aromatic rings. The number of hydrogen-bond donors (Lipinski definition) is 3. The van der Waals surface area contributed by atoms with Crippen molar-refractivity contribution in [1.82, 2.24) is 5.32 Å². The number of rotatable bonds is 4. The zero-order valence-electron chi connectivity index (χ0n) is 12.1. The Bertz CT molecular complexity index is 541. The van der Waals surface area contributed by atoms with Gasteiger partial charge in [-0.15, -0.1) is 0 Å². The summed E-state index contributed by atoms with van der Waals surface area (Å²) in [6.07, 6.45) is 3.42. The van der Waals surface area contributed by atoms with Crippen molar-refractivity contribution in [2.75, 3.05) is 6.54 Å². The van der Waals surface area contributed by atoms with Crippen LogP contribution in [-0.2, 0) is 4.79 Å². The second-order valence-corrected chi connectivity index (χ2v) is 5.72. The average Bonchev–Trinajstić information content (AvgIpc) is 2.47. The minimum Gasteiger partial charge on any atom is -0.507 e. The van der Waals surface area contributed by atoms with Gasteiger partial charge in [-0.25, -0.2) is 0 Å². The quantitative estimate of drug-likeness (QED) is 0.794. The monoisotopic (exact) mass is 291 g/mol. The lowest BCUT2D eigenvalue weighted by Crippen LogP contribution is -2.37. The highest BCUT2D eigenvalue weighted by atomic mass is 16.4. The van der Waals surface area contributed by atoms with Crippen LogP contribution in [0.5, 0.6) is 5.75 Å². The molecule has 1 aliphatic rings. The standard InChI is InChI=1S/C16H21NO4/c1-10-6-7-14(18)13(8-10)15(19)17-9-11-4-2-3-5-12(11)16(20)21/h6-8,11-12,18H,2-5,9H2,1H3,(H,17,19)(H,20,21). The van der Waals surface area contributed by atoms with E-state index < -0.39 is 5.97 Å². The molecule has 0 saturated heterocycles. The summed E-state index contributed by atoms with van der Waals surface area (Å²) in [6.45, 7) is 2.18. The van der Waals surface area contributed by atoms with Gasteiger partial charge in [-0.3, -0.25) is 9.59 Å². The third kappa shape index (κ3) is 3.74. The first kappa shape index (κ1) is 15.4. The van der Waals surface area contributed by atoms with Crippen molar-refractivity contribution < 1.29 is 19.8 Å². The van der Waals surface area contributed by atoms with E-state index in [2.05, 4.69) is 5.32 Å². The smallest absolute Gasteiger partial charge is 0.306 e. The van der Waals surface area contributed by atoms with Crippen LogP contribution < -0.4 is 5.32 Å². The molecule has 5 nitrogen and oxygen atoms in total. The Balaban J connectivity index is 1.99. The van der Waals surface area contributed by atoms with Gasteiger partial charge in [0.2, 0.25) is 0 Å². The van der Waals surface area contributed by atoms with E-state index in [9.17, 15) is 19.8 Å². The molecule has 0 bridgehead atoms. The summed E-state index contributed by atoms with van der Waals surface area (Å²) in [4.78, 5) is 23.3. The maximum atomic E-state index is 12.1. The lowest BCUT2D eigenvalue weighted by Gasteiger charge is -2.28. The summed E-state index contributed by atoms with van der Waals surface area (Å²) >= 11 is 0. The van der Waals surface area contributed by atoms with Crippen molar-refractivity contribution in [3.05, 3.63) is 29.3 Å². The number of aliphatic carboxylic acids is 1. The number of carboxylic acids is 1. The summed E-state index contributed by atoms with van der Waals surface area (Å²) in [7, 11) is 0. The van der Waals surface area contributed by atoms with E-state index in [1.165, 1.54) is 6.07 Å². The number of phenolic OH excluding ortho intramolecular Hbond substituents is 1. The number of aromatic hydroxyl groups is 1. The highest BCUT2D eigenvalue weighted by Gasteiger charge is 2.31. The van der Waals surface area contributed by atoms with Crippen LogP contribution >= 0.6 is 0 Å². The van der Waals surface area contributed by atoms with Crippen LogP contribution in [0.1, 0.15) is 41.6 Å². The molecule has 1 amide bonds. The SMILES string of the molecule is Cc1ccc(O)c(C(=O)NCC2CCCCC2C(=O)O)c1. The van der Waals surface area contributed by atoms with Gasteiger partial charge in [0.15, 0.2) is 0 Å². The molecule has 2 rings (SSSR count). The van der Waals surface area contributed by atoms with Crippen molar-refractivity contribution >= 4 is 11.9 Å². The molecular formula is C16H21NO4. The molecule has 2 unspecified atom stereocenters. The molecule has 21 heavy (non-hydrogen) atoms. The topological polar surface area (TPSA) is 86.6 Å². The molecule has 1 saturated carbocycles. The highest BCUT2D eigenvalue weighted by Crippen LogP contribution is 2.30. The van der Waals surface area contributed by atoms with E-state index in [0.717, 1.165) is 24.8 Å². The van der Waals surface area contributed by atoms with Crippen LogP contribution in [0.2, 0.25) is 0 Å². The van der Waals surface area contributed by atoms with E-state index in [4.69, 9.17) is 0 Å². The van der Waals surface area contributed by atoms with Gasteiger partial charge in [0.05, 0.1) is 11.5 Å². The van der Waals surface area contributed by atoms with Crippen molar-refractivity contribution in [2.24, 2.45) is 11.8 Å². The summed E-state index contributed by atoms with van der Waals surface area (Å²) in [5, 5.41) is 21.7. The van der Waals surface area contributed by atoms with E-state index >= 15 is 0 Å². The Labute approximate surface area is 124 Å². The molecule has 0 aliphatic heterocycles. The normalized spacial score (nSPS) is 21.8. The molecule has 1 aliphatic carbocycles. The van der Waals surface area contributed by atoms with Crippen molar-refractivity contribution in [3.8, 4) is 5.75 Å². The van der Waals surface area contributed by atoms with Crippen LogP contribution in [-0.4, -0.2) is 28.6 Å². The van der Waals surface area contributed by atoms with Gasteiger partial charge in [-0.05, 0) is 37.8 Å². The number of benzene rings is 1. The Morgan fingerprint density at radius 1 is 1.29 bits per heavy atom. The van der Waals surface area contributed by atoms with Crippen LogP contribution in [0.4, 0.5) is 0 Å². The number of carbonyl (C=O) groups is 2. The maximum Gasteiger partial charge on any atom is 0.306 e. The molecule has 0 radical (unpaired) electrons. The number of nitrogens with one attached hydrogen (secondary N) is 1. The van der Waals surface area contributed by atoms with Gasteiger partial charge in [0, 0.05) is 6.54 Å². The molecule has 5 heteroatoms. The zero-order valence-corrected chi connectivity index (χ0v) is 12.1. The van der Waals surface area contributed by atoms with Crippen molar-refractivity contribution in [3.63, 3.8) is 0 Å². The first-order valence-electron chi connectivity index (χ1n) is 7.29. The number of aryl methyl sites for hydroxylation is 1. The van der Waals surface area contributed by atoms with E-state index in [-0.39, 0.29) is 29.1 Å². The number of carboxylic acid groups (broad SMARTS) is 1. The van der Waals surface area contributed by atoms with Gasteiger partial charge in [-0.1, -0.05) is 24.5 Å². The number of carbonyl (C=O) groups excluding carboxylic acids is 1. The predicted octanol–water partition coefficient (Wildman–Crippen LogP) is 2.32. The molecule has 3 N–H and O–H groups in total. The highest BCUT2D eigenvalue weighted by molar-refractivity contribution is 5.97. The number of amides is 1. The Hall–Kier alpha value is -2.04. The number of phenols is 1. The van der Waals surface area contributed by atoms with Gasteiger partial charge >= 0.3 is 5.97 Å². The second kappa shape index (κ2) is 6.61. The third-order valence-electron chi connectivity index (χ3n) is 4.15. The van der Waals surface area contributed by atoms with Gasteiger partial charge in [0.25, 0.3) is 5.91 Å². The summed E-state index contributed by atoms with van der Waals surface area (Å²) in [6, 6.07) is 4.85. The lowest BCUT2D eigenvalue weighted by atomic mass is 9.79. The van der Waals surface area contributed by atoms with E-state index in [1.807, 2.05) is 6.92 Å². The fourth-order valence-corrected chi connectivity index (χ4v) is 2.93. The van der Waals surface area contributed by atoms with Crippen LogP contribution in [0, 0.1) is 18.8 Å². The summed E-state index contributed by atoms with van der Waals surface area (Å²) in [5.74, 6) is -1.62. The predicted molar refractivity (Wildman–Crippen MR) is 78.3 cm³/mol. The third-order valence-corrected chi connectivity index (χ3v) is 4.15. The molecule has 0 aromatic heterocycles. The fraction of sp³-hybridized carbons (Fsp3) is 0.500. The van der Waals surface area contributed by atoms with Gasteiger partial charge in [0.1, 0.15) is 5.75 Å². The van der Waals surface area contributed by atoms with E-state index in [1.54, 1.807) is 12.1 Å². The lowest BCUT2D eigenvalue weighted by molar-refractivity contribution is -0.144. The minimum absolute atomic E-state index is 0.0350. The van der Waals surface area contributed by atoms with Crippen molar-refractivity contribution in [2.45, 2.75) is 32.6 Å². The molecule has 114 valence electrons. The Morgan fingerprint density at radius 3 is 2.71 bits per heavy atom. The maximum absolute atomic E-state index is 12.1. The Morgan fingerprint density at radius 2 is 2.00 bits per heavy atom. The molecule has 1 aromatic carbocycles. The zero-order chi connectivity index (χ0) is 15.4. The Kier molecular flexibility index (Phi) is 4.83.